The molecule has 4 rings (SSSR count). The summed E-state index contributed by atoms with van der Waals surface area (Å²) in [6.07, 6.45) is 5.01. The van der Waals surface area contributed by atoms with E-state index in [2.05, 4.69) is 34.1 Å². The molecule has 2 aliphatic heterocycles. The molecule has 21 heavy (non-hydrogen) atoms. The predicted molar refractivity (Wildman–Crippen MR) is 86.5 cm³/mol. The van der Waals surface area contributed by atoms with Crippen molar-refractivity contribution in [2.45, 2.75) is 43.7 Å². The van der Waals surface area contributed by atoms with Crippen molar-refractivity contribution in [3.8, 4) is 0 Å². The summed E-state index contributed by atoms with van der Waals surface area (Å²) in [5.41, 5.74) is 9.20. The first-order chi connectivity index (χ1) is 10.3. The summed E-state index contributed by atoms with van der Waals surface area (Å²) < 4.78 is 0. The molecule has 0 bridgehead atoms. The third kappa shape index (κ3) is 2.75. The van der Waals surface area contributed by atoms with Gasteiger partial charge in [0.25, 0.3) is 0 Å². The zero-order valence-corrected chi connectivity index (χ0v) is 12.9. The Bertz CT molecular complexity index is 493. The van der Waals surface area contributed by atoms with Gasteiger partial charge in [0, 0.05) is 31.1 Å². The summed E-state index contributed by atoms with van der Waals surface area (Å²) in [5, 5.41) is 0. The number of fused-ring (bicyclic) bond motifs is 1. The normalized spacial score (nSPS) is 31.1. The zero-order valence-electron chi connectivity index (χ0n) is 12.9. The molecule has 3 aliphatic rings. The number of piperidine rings is 1. The largest absolute Gasteiger partial charge is 0.328 e. The topological polar surface area (TPSA) is 32.5 Å². The quantitative estimate of drug-likeness (QED) is 0.919. The van der Waals surface area contributed by atoms with Gasteiger partial charge in [-0.15, -0.1) is 0 Å². The van der Waals surface area contributed by atoms with Gasteiger partial charge in [-0.1, -0.05) is 24.3 Å². The highest BCUT2D eigenvalue weighted by Crippen LogP contribution is 2.36. The minimum Gasteiger partial charge on any atom is -0.328 e. The van der Waals surface area contributed by atoms with Crippen LogP contribution in [-0.4, -0.2) is 54.6 Å². The summed E-state index contributed by atoms with van der Waals surface area (Å²) in [6.45, 7) is 6.25. The molecule has 0 amide bonds. The average Bonchev–Trinajstić information content (AvgIpc) is 2.94. The van der Waals surface area contributed by atoms with E-state index >= 15 is 0 Å². The predicted octanol–water partition coefficient (Wildman–Crippen LogP) is 1.82. The number of nitrogens with zero attached hydrogens (tertiary/aromatic N) is 2. The molecule has 1 aromatic carbocycles. The highest BCUT2D eigenvalue weighted by Gasteiger charge is 2.33. The van der Waals surface area contributed by atoms with Gasteiger partial charge in [0.1, 0.15) is 0 Å². The zero-order chi connectivity index (χ0) is 14.2. The van der Waals surface area contributed by atoms with Crippen molar-refractivity contribution in [3.05, 3.63) is 35.4 Å². The Morgan fingerprint density at radius 1 is 1.05 bits per heavy atom. The van der Waals surface area contributed by atoms with E-state index in [1.165, 1.54) is 58.4 Å². The summed E-state index contributed by atoms with van der Waals surface area (Å²) in [7, 11) is 0. The molecule has 2 fully saturated rings. The molecule has 2 saturated heterocycles. The molecular formula is C18H27N3. The summed E-state index contributed by atoms with van der Waals surface area (Å²) in [5.74, 6) is 0.787. The fourth-order valence-electron chi connectivity index (χ4n) is 4.40. The first-order valence-electron chi connectivity index (χ1n) is 8.59. The third-order valence-electron chi connectivity index (χ3n) is 5.78. The van der Waals surface area contributed by atoms with Crippen LogP contribution in [0, 0.1) is 0 Å². The minimum atomic E-state index is 0.449. The molecule has 3 heteroatoms. The third-order valence-corrected chi connectivity index (χ3v) is 5.78. The molecule has 3 nitrogen and oxygen atoms in total. The molecule has 0 spiro atoms. The van der Waals surface area contributed by atoms with E-state index in [-0.39, 0.29) is 0 Å². The standard InChI is InChI=1S/C18H27N3/c19-16-5-9-21(10-6-16)17-7-8-20(13-17)12-15-11-14-3-1-2-4-18(14)15/h1-4,15-17H,5-13,19H2. The Balaban J connectivity index is 1.29. The molecule has 0 aromatic heterocycles. The van der Waals surface area contributed by atoms with Crippen LogP contribution >= 0.6 is 0 Å². The number of benzene rings is 1. The second kappa shape index (κ2) is 5.71. The smallest absolute Gasteiger partial charge is 0.0235 e. The van der Waals surface area contributed by atoms with Crippen LogP contribution in [0.2, 0.25) is 0 Å². The van der Waals surface area contributed by atoms with E-state index in [1.54, 1.807) is 11.1 Å². The van der Waals surface area contributed by atoms with Crippen molar-refractivity contribution < 1.29 is 0 Å². The molecule has 1 aliphatic carbocycles. The highest BCUT2D eigenvalue weighted by atomic mass is 15.3. The molecule has 0 radical (unpaired) electrons. The van der Waals surface area contributed by atoms with E-state index in [0.29, 0.717) is 6.04 Å². The molecule has 114 valence electrons. The van der Waals surface area contributed by atoms with E-state index < -0.39 is 0 Å². The second-order valence-corrected chi connectivity index (χ2v) is 7.18. The second-order valence-electron chi connectivity index (χ2n) is 7.18. The van der Waals surface area contributed by atoms with E-state index in [1.807, 2.05) is 0 Å². The molecule has 1 aromatic rings. The van der Waals surface area contributed by atoms with Gasteiger partial charge in [-0.3, -0.25) is 4.90 Å². The van der Waals surface area contributed by atoms with Gasteiger partial charge >= 0.3 is 0 Å². The summed E-state index contributed by atoms with van der Waals surface area (Å²) >= 11 is 0. The van der Waals surface area contributed by atoms with Crippen LogP contribution < -0.4 is 5.73 Å². The number of likely N-dealkylation sites (tertiary alicyclic amines) is 2. The van der Waals surface area contributed by atoms with Crippen LogP contribution in [0.1, 0.15) is 36.3 Å². The summed E-state index contributed by atoms with van der Waals surface area (Å²) in [4.78, 5) is 5.39. The Morgan fingerprint density at radius 2 is 1.86 bits per heavy atom. The van der Waals surface area contributed by atoms with E-state index in [9.17, 15) is 0 Å². The van der Waals surface area contributed by atoms with Crippen LogP contribution in [0.5, 0.6) is 0 Å². The van der Waals surface area contributed by atoms with Gasteiger partial charge < -0.3 is 10.6 Å². The molecular weight excluding hydrogens is 258 g/mol. The van der Waals surface area contributed by atoms with Crippen molar-refractivity contribution in [2.75, 3.05) is 32.7 Å². The lowest BCUT2D eigenvalue weighted by molar-refractivity contribution is 0.151. The van der Waals surface area contributed by atoms with Crippen molar-refractivity contribution in [3.63, 3.8) is 0 Å². The van der Waals surface area contributed by atoms with Crippen LogP contribution in [0.25, 0.3) is 0 Å². The first-order valence-corrected chi connectivity index (χ1v) is 8.59. The lowest BCUT2D eigenvalue weighted by atomic mass is 9.77. The Kier molecular flexibility index (Phi) is 3.74. The fraction of sp³-hybridized carbons (Fsp3) is 0.667. The van der Waals surface area contributed by atoms with E-state index in [0.717, 1.165) is 12.0 Å². The lowest BCUT2D eigenvalue weighted by Crippen LogP contribution is -2.46. The molecule has 2 atom stereocenters. The van der Waals surface area contributed by atoms with Crippen LogP contribution in [0.3, 0.4) is 0 Å². The maximum Gasteiger partial charge on any atom is 0.0235 e. The molecule has 2 N–H and O–H groups in total. The number of nitrogens with two attached hydrogens (primary N) is 1. The Morgan fingerprint density at radius 3 is 2.67 bits per heavy atom. The van der Waals surface area contributed by atoms with Crippen molar-refractivity contribution in [1.82, 2.24) is 9.80 Å². The minimum absolute atomic E-state index is 0.449. The van der Waals surface area contributed by atoms with Crippen molar-refractivity contribution in [2.24, 2.45) is 5.73 Å². The SMILES string of the molecule is NC1CCN(C2CCN(CC3Cc4ccccc43)C2)CC1. The van der Waals surface area contributed by atoms with Gasteiger partial charge in [-0.05, 0) is 56.4 Å². The molecule has 2 heterocycles. The lowest BCUT2D eigenvalue weighted by Gasteiger charge is -2.36. The number of hydrogen-bond donors (Lipinski definition) is 1. The highest BCUT2D eigenvalue weighted by molar-refractivity contribution is 5.40. The molecule has 0 saturated carbocycles. The van der Waals surface area contributed by atoms with Gasteiger partial charge in [-0.2, -0.15) is 0 Å². The number of hydrogen-bond acceptors (Lipinski definition) is 3. The maximum absolute atomic E-state index is 6.02. The Labute approximate surface area is 128 Å². The van der Waals surface area contributed by atoms with Gasteiger partial charge in [0.05, 0.1) is 0 Å². The average molecular weight is 285 g/mol. The number of rotatable bonds is 3. The van der Waals surface area contributed by atoms with Gasteiger partial charge in [-0.25, -0.2) is 0 Å². The van der Waals surface area contributed by atoms with Crippen LogP contribution in [0.15, 0.2) is 24.3 Å². The van der Waals surface area contributed by atoms with E-state index in [4.69, 9.17) is 5.73 Å². The van der Waals surface area contributed by atoms with Crippen LogP contribution in [0.4, 0.5) is 0 Å². The fourth-order valence-corrected chi connectivity index (χ4v) is 4.40. The van der Waals surface area contributed by atoms with Crippen molar-refractivity contribution in [1.29, 1.82) is 0 Å². The first kappa shape index (κ1) is 13.7. The summed E-state index contributed by atoms with van der Waals surface area (Å²) in [6, 6.07) is 10.2. The maximum atomic E-state index is 6.02. The van der Waals surface area contributed by atoms with Crippen molar-refractivity contribution >= 4 is 0 Å². The van der Waals surface area contributed by atoms with Gasteiger partial charge in [0.2, 0.25) is 0 Å². The monoisotopic (exact) mass is 285 g/mol. The molecule has 2 unspecified atom stereocenters. The van der Waals surface area contributed by atoms with Crippen LogP contribution in [-0.2, 0) is 6.42 Å². The van der Waals surface area contributed by atoms with Gasteiger partial charge in [0.15, 0.2) is 0 Å². The Hall–Kier alpha value is -0.900.